The van der Waals surface area contributed by atoms with Crippen LogP contribution in [0.25, 0.3) is 0 Å². The van der Waals surface area contributed by atoms with Gasteiger partial charge in [-0.1, -0.05) is 0 Å². The number of carbonyl (C=O) groups excluding carboxylic acids is 3. The summed E-state index contributed by atoms with van der Waals surface area (Å²) < 4.78 is 11.2. The Labute approximate surface area is 103 Å². The van der Waals surface area contributed by atoms with Crippen molar-refractivity contribution in [3.05, 3.63) is 29.8 Å². The molecular formula is C9H8AsN3O4. The van der Waals surface area contributed by atoms with Crippen molar-refractivity contribution in [2.75, 3.05) is 0 Å². The van der Waals surface area contributed by atoms with Crippen molar-refractivity contribution in [3.63, 3.8) is 0 Å². The number of primary amides is 1. The van der Waals surface area contributed by atoms with E-state index in [0.717, 1.165) is 0 Å². The first-order valence-electron chi connectivity index (χ1n) is 4.38. The van der Waals surface area contributed by atoms with E-state index in [-0.39, 0.29) is 5.56 Å². The molecule has 0 unspecified atom stereocenters. The molecule has 88 valence electrons. The van der Waals surface area contributed by atoms with Crippen LogP contribution in [0.2, 0.25) is 0 Å². The van der Waals surface area contributed by atoms with E-state index in [2.05, 4.69) is 0 Å². The fourth-order valence-electron chi connectivity index (χ4n) is 0.992. The predicted molar refractivity (Wildman–Crippen MR) is 58.1 cm³/mol. The molecule has 0 heterocycles. The summed E-state index contributed by atoms with van der Waals surface area (Å²) in [6, 6.07) is 3.84. The van der Waals surface area contributed by atoms with Gasteiger partial charge in [0, 0.05) is 0 Å². The van der Waals surface area contributed by atoms with Gasteiger partial charge in [-0.2, -0.15) is 0 Å². The number of hydrogen-bond donors (Lipinski definition) is 3. The zero-order chi connectivity index (χ0) is 12.8. The summed E-state index contributed by atoms with van der Waals surface area (Å²) in [5.74, 6) is -0.683. The molecule has 0 fully saturated rings. The van der Waals surface area contributed by atoms with Crippen molar-refractivity contribution < 1.29 is 18.1 Å². The van der Waals surface area contributed by atoms with Gasteiger partial charge in [-0.05, 0) is 0 Å². The van der Waals surface area contributed by atoms with Crippen LogP contribution in [0.1, 0.15) is 10.4 Å². The predicted octanol–water partition coefficient (Wildman–Crippen LogP) is -1.12. The van der Waals surface area contributed by atoms with E-state index < -0.39 is 33.7 Å². The molecule has 0 aliphatic heterocycles. The van der Waals surface area contributed by atoms with Crippen LogP contribution in [0, 0.1) is 0 Å². The van der Waals surface area contributed by atoms with Crippen LogP contribution in [0.3, 0.4) is 0 Å². The van der Waals surface area contributed by atoms with Gasteiger partial charge >= 0.3 is 102 Å². The van der Waals surface area contributed by atoms with Gasteiger partial charge in [-0.3, -0.25) is 0 Å². The van der Waals surface area contributed by atoms with Crippen molar-refractivity contribution in [1.29, 1.82) is 0 Å². The Balaban J connectivity index is 2.66. The molecule has 4 N–H and O–H groups in total. The van der Waals surface area contributed by atoms with Crippen LogP contribution < -0.4 is 20.7 Å². The molecule has 0 radical (unpaired) electrons. The molecule has 0 saturated heterocycles. The van der Waals surface area contributed by atoms with Crippen LogP contribution in [0.4, 0.5) is 9.59 Å². The number of imide groups is 2. The summed E-state index contributed by atoms with van der Waals surface area (Å²) in [7, 11) is 0. The van der Waals surface area contributed by atoms with Crippen LogP contribution in [0.5, 0.6) is 0 Å². The molecule has 0 aliphatic carbocycles. The van der Waals surface area contributed by atoms with Gasteiger partial charge in [-0.15, -0.1) is 0 Å². The van der Waals surface area contributed by atoms with Gasteiger partial charge in [0.2, 0.25) is 0 Å². The monoisotopic (exact) mass is 297 g/mol. The molecule has 8 heteroatoms. The van der Waals surface area contributed by atoms with Gasteiger partial charge in [0.05, 0.1) is 0 Å². The molecule has 7 nitrogen and oxygen atoms in total. The molecule has 5 amide bonds. The SMILES string of the molecule is NC(=O)NC(=O)NC(=O)c1ccc([As]=O)cc1. The zero-order valence-corrected chi connectivity index (χ0v) is 10.3. The van der Waals surface area contributed by atoms with Crippen LogP contribution in [-0.4, -0.2) is 33.7 Å². The Morgan fingerprint density at radius 1 is 1.06 bits per heavy atom. The third-order valence-corrected chi connectivity index (χ3v) is 2.77. The van der Waals surface area contributed by atoms with E-state index >= 15 is 0 Å². The molecule has 1 aromatic carbocycles. The number of nitrogens with one attached hydrogen (secondary N) is 2. The second-order valence-electron chi connectivity index (χ2n) is 2.91. The second-order valence-corrected chi connectivity index (χ2v) is 4.38. The molecule has 0 saturated carbocycles. The molecular weight excluding hydrogens is 289 g/mol. The Morgan fingerprint density at radius 2 is 1.65 bits per heavy atom. The average molecular weight is 297 g/mol. The number of rotatable bonds is 2. The fourth-order valence-corrected chi connectivity index (χ4v) is 1.56. The molecule has 17 heavy (non-hydrogen) atoms. The zero-order valence-electron chi connectivity index (χ0n) is 8.47. The summed E-state index contributed by atoms with van der Waals surface area (Å²) in [4.78, 5) is 32.7. The Hall–Kier alpha value is -2.01. The maximum absolute atomic E-state index is 11.4. The van der Waals surface area contributed by atoms with Crippen molar-refractivity contribution in [1.82, 2.24) is 10.6 Å². The van der Waals surface area contributed by atoms with Gasteiger partial charge < -0.3 is 0 Å². The third kappa shape index (κ3) is 4.16. The van der Waals surface area contributed by atoms with Crippen molar-refractivity contribution in [2.45, 2.75) is 0 Å². The van der Waals surface area contributed by atoms with Crippen LogP contribution >= 0.6 is 0 Å². The molecule has 0 aliphatic rings. The quantitative estimate of drug-likeness (QED) is 0.599. The Bertz CT molecular complexity index is 472. The molecule has 1 aromatic rings. The normalized spacial score (nSPS) is 9.65. The minimum absolute atomic E-state index is 0.211. The van der Waals surface area contributed by atoms with Gasteiger partial charge in [0.1, 0.15) is 0 Å². The number of hydrogen-bond acceptors (Lipinski definition) is 4. The molecule has 0 spiro atoms. The molecule has 0 aromatic heterocycles. The first kappa shape index (κ1) is 13.1. The number of amides is 5. The summed E-state index contributed by atoms with van der Waals surface area (Å²) in [6.07, 6.45) is 0. The van der Waals surface area contributed by atoms with Crippen molar-refractivity contribution >= 4 is 38.0 Å². The van der Waals surface area contributed by atoms with Gasteiger partial charge in [0.15, 0.2) is 0 Å². The average Bonchev–Trinajstić information content (AvgIpc) is 2.28. The summed E-state index contributed by atoms with van der Waals surface area (Å²) >= 11 is -1.14. The molecule has 1 rings (SSSR count). The summed E-state index contributed by atoms with van der Waals surface area (Å²) in [5, 5.41) is 3.59. The van der Waals surface area contributed by atoms with Crippen LogP contribution in [-0.2, 0) is 3.74 Å². The topological polar surface area (TPSA) is 118 Å². The third-order valence-electron chi connectivity index (χ3n) is 1.70. The van der Waals surface area contributed by atoms with E-state index in [1.165, 1.54) is 24.3 Å². The minimum atomic E-state index is -1.14. The van der Waals surface area contributed by atoms with E-state index in [1.54, 1.807) is 5.32 Å². The summed E-state index contributed by atoms with van der Waals surface area (Å²) in [6.45, 7) is 0. The first-order chi connectivity index (χ1) is 8.02. The van der Waals surface area contributed by atoms with E-state index in [0.29, 0.717) is 4.35 Å². The first-order valence-corrected chi connectivity index (χ1v) is 6.08. The maximum atomic E-state index is 11.4. The molecule has 0 bridgehead atoms. The molecule has 0 atom stereocenters. The van der Waals surface area contributed by atoms with E-state index in [4.69, 9.17) is 5.73 Å². The number of benzene rings is 1. The number of carbonyl (C=O) groups is 3. The van der Waals surface area contributed by atoms with Crippen molar-refractivity contribution in [3.8, 4) is 0 Å². The number of urea groups is 2. The fraction of sp³-hybridized carbons (Fsp3) is 0. The van der Waals surface area contributed by atoms with E-state index in [9.17, 15) is 18.1 Å². The summed E-state index contributed by atoms with van der Waals surface area (Å²) in [5.41, 5.74) is 4.90. The van der Waals surface area contributed by atoms with E-state index in [1.807, 2.05) is 5.32 Å². The van der Waals surface area contributed by atoms with Crippen LogP contribution in [0.15, 0.2) is 24.3 Å². The Morgan fingerprint density at radius 3 is 2.12 bits per heavy atom. The number of nitrogens with two attached hydrogens (primary N) is 1. The Kier molecular flexibility index (Phi) is 4.54. The van der Waals surface area contributed by atoms with Gasteiger partial charge in [0.25, 0.3) is 0 Å². The van der Waals surface area contributed by atoms with Crippen molar-refractivity contribution in [2.24, 2.45) is 5.73 Å². The van der Waals surface area contributed by atoms with Gasteiger partial charge in [-0.25, -0.2) is 0 Å². The second kappa shape index (κ2) is 5.91. The standard InChI is InChI=1S/C9H8AsN3O4/c11-8(15)13-9(16)12-7(14)5-1-3-6(10-17)4-2-5/h1-4H,(H4,11,12,13,14,15,16).